The van der Waals surface area contributed by atoms with E-state index >= 15 is 8.78 Å². The molecule has 4 aromatic rings. The van der Waals surface area contributed by atoms with Crippen LogP contribution in [0.2, 0.25) is 0 Å². The molecule has 0 spiro atoms. The summed E-state index contributed by atoms with van der Waals surface area (Å²) < 4.78 is 55.7. The molecule has 0 amide bonds. The van der Waals surface area contributed by atoms with E-state index in [2.05, 4.69) is 4.98 Å². The van der Waals surface area contributed by atoms with E-state index in [4.69, 9.17) is 28.9 Å². The van der Waals surface area contributed by atoms with Crippen LogP contribution in [-0.4, -0.2) is 71.6 Å². The van der Waals surface area contributed by atoms with E-state index in [0.29, 0.717) is 72.1 Å². The van der Waals surface area contributed by atoms with Gasteiger partial charge < -0.3 is 33.7 Å². The Labute approximate surface area is 271 Å². The largest absolute Gasteiger partial charge is 0.474 e. The van der Waals surface area contributed by atoms with Gasteiger partial charge in [-0.25, -0.2) is 13.8 Å². The van der Waals surface area contributed by atoms with Crippen LogP contribution < -0.4 is 19.1 Å². The Kier molecular flexibility index (Phi) is 8.12. The molecule has 2 saturated carbocycles. The monoisotopic (exact) mass is 648 g/mol. The lowest BCUT2D eigenvalue weighted by atomic mass is 9.94. The van der Waals surface area contributed by atoms with Crippen molar-refractivity contribution in [2.75, 3.05) is 38.5 Å². The molecule has 248 valence electrons. The topological polar surface area (TPSA) is 116 Å². The van der Waals surface area contributed by atoms with Gasteiger partial charge in [0.2, 0.25) is 5.88 Å². The van der Waals surface area contributed by atoms with Crippen molar-refractivity contribution in [3.05, 3.63) is 41.5 Å². The first-order valence-electron chi connectivity index (χ1n) is 16.2. The van der Waals surface area contributed by atoms with Gasteiger partial charge in [-0.15, -0.1) is 0 Å². The van der Waals surface area contributed by atoms with E-state index in [1.807, 2.05) is 11.8 Å². The second-order valence-corrected chi connectivity index (χ2v) is 13.2. The zero-order valence-corrected chi connectivity index (χ0v) is 26.8. The number of benzene rings is 2. The minimum Gasteiger partial charge on any atom is -0.474 e. The molecule has 1 atom stereocenters. The number of rotatable bonds is 12. The average molecular weight is 649 g/mol. The van der Waals surface area contributed by atoms with Gasteiger partial charge in [-0.2, -0.15) is 9.97 Å². The number of pyridine rings is 1. The van der Waals surface area contributed by atoms with Gasteiger partial charge in [0.1, 0.15) is 53.0 Å². The van der Waals surface area contributed by atoms with E-state index in [9.17, 15) is 9.90 Å². The van der Waals surface area contributed by atoms with Crippen LogP contribution in [-0.2, 0) is 16.0 Å². The molecule has 7 rings (SSSR count). The number of aryl methyl sites for hydroxylation is 1. The van der Waals surface area contributed by atoms with Crippen molar-refractivity contribution < 1.29 is 37.6 Å². The summed E-state index contributed by atoms with van der Waals surface area (Å²) in [6.45, 7) is 4.40. The van der Waals surface area contributed by atoms with Gasteiger partial charge in [0.15, 0.2) is 12.6 Å². The third-order valence-electron chi connectivity index (χ3n) is 9.21. The van der Waals surface area contributed by atoms with Crippen molar-refractivity contribution in [1.29, 1.82) is 0 Å². The average Bonchev–Trinajstić information content (AvgIpc) is 4.00. The van der Waals surface area contributed by atoms with Crippen LogP contribution in [0, 0.1) is 17.0 Å². The van der Waals surface area contributed by atoms with E-state index in [-0.39, 0.29) is 54.5 Å². The van der Waals surface area contributed by atoms with Crippen molar-refractivity contribution in [2.45, 2.75) is 70.5 Å². The molecular formula is C35H38F2N4O6. The SMILES string of the molecule is CCc1c(F)ccc2cc(OCOC)cc(-c3nc(OC4CC4)c4c(N5CCC[C@@](C)(O)C5)nc(OCC5(C=O)CC5)nc4c3F)c12. The summed E-state index contributed by atoms with van der Waals surface area (Å²) in [5, 5.41) is 12.4. The van der Waals surface area contributed by atoms with Crippen LogP contribution in [0.1, 0.15) is 57.9 Å². The van der Waals surface area contributed by atoms with Gasteiger partial charge >= 0.3 is 6.01 Å². The molecule has 2 aliphatic carbocycles. The molecule has 3 aliphatic rings. The van der Waals surface area contributed by atoms with E-state index < -0.39 is 22.7 Å². The number of fused-ring (bicyclic) bond motifs is 2. The van der Waals surface area contributed by atoms with Crippen molar-refractivity contribution in [2.24, 2.45) is 5.41 Å². The van der Waals surface area contributed by atoms with E-state index in [0.717, 1.165) is 19.1 Å². The fraction of sp³-hybridized carbons (Fsp3) is 0.486. The summed E-state index contributed by atoms with van der Waals surface area (Å²) >= 11 is 0. The number of carbonyl (C=O) groups is 1. The maximum Gasteiger partial charge on any atom is 0.319 e. The van der Waals surface area contributed by atoms with Crippen LogP contribution >= 0.6 is 0 Å². The lowest BCUT2D eigenvalue weighted by Crippen LogP contribution is -2.46. The number of nitrogens with zero attached hydrogens (tertiary/aromatic N) is 4. The number of hydrogen-bond donors (Lipinski definition) is 1. The second-order valence-electron chi connectivity index (χ2n) is 13.2. The zero-order valence-electron chi connectivity index (χ0n) is 26.8. The number of halogens is 2. The highest BCUT2D eigenvalue weighted by Crippen LogP contribution is 2.46. The smallest absolute Gasteiger partial charge is 0.319 e. The number of methoxy groups -OCH3 is 1. The number of aliphatic hydroxyl groups is 1. The van der Waals surface area contributed by atoms with Gasteiger partial charge in [0, 0.05) is 25.8 Å². The summed E-state index contributed by atoms with van der Waals surface area (Å²) in [7, 11) is 1.50. The minimum absolute atomic E-state index is 0.0460. The fourth-order valence-electron chi connectivity index (χ4n) is 6.30. The fourth-order valence-corrected chi connectivity index (χ4v) is 6.30. The summed E-state index contributed by atoms with van der Waals surface area (Å²) in [4.78, 5) is 27.7. The normalized spacial score (nSPS) is 20.4. The summed E-state index contributed by atoms with van der Waals surface area (Å²) in [5.41, 5.74) is -1.05. The zero-order chi connectivity index (χ0) is 32.9. The molecule has 0 radical (unpaired) electrons. The third-order valence-corrected chi connectivity index (χ3v) is 9.21. The van der Waals surface area contributed by atoms with E-state index in [1.54, 1.807) is 25.1 Å². The van der Waals surface area contributed by atoms with Crippen LogP contribution in [0.5, 0.6) is 17.6 Å². The molecule has 12 heteroatoms. The van der Waals surface area contributed by atoms with E-state index in [1.165, 1.54) is 13.2 Å². The minimum atomic E-state index is -1.00. The van der Waals surface area contributed by atoms with Gasteiger partial charge in [-0.1, -0.05) is 13.0 Å². The Balaban J connectivity index is 1.49. The lowest BCUT2D eigenvalue weighted by Gasteiger charge is -2.38. The lowest BCUT2D eigenvalue weighted by molar-refractivity contribution is -0.113. The molecule has 0 bridgehead atoms. The Bertz CT molecular complexity index is 1860. The third kappa shape index (κ3) is 6.16. The predicted molar refractivity (Wildman–Crippen MR) is 171 cm³/mol. The highest BCUT2D eigenvalue weighted by molar-refractivity contribution is 6.03. The molecule has 3 fully saturated rings. The number of aromatic nitrogens is 3. The molecule has 2 aromatic heterocycles. The molecule has 1 N–H and O–H groups in total. The molecule has 1 saturated heterocycles. The quantitative estimate of drug-likeness (QED) is 0.147. The summed E-state index contributed by atoms with van der Waals surface area (Å²) in [6, 6.07) is 6.30. The Morgan fingerprint density at radius 2 is 1.89 bits per heavy atom. The second kappa shape index (κ2) is 12.1. The van der Waals surface area contributed by atoms with Crippen LogP contribution in [0.15, 0.2) is 24.3 Å². The van der Waals surface area contributed by atoms with Gasteiger partial charge in [0.05, 0.1) is 11.0 Å². The Morgan fingerprint density at radius 3 is 2.57 bits per heavy atom. The Morgan fingerprint density at radius 1 is 1.09 bits per heavy atom. The van der Waals surface area contributed by atoms with Gasteiger partial charge in [0.25, 0.3) is 0 Å². The predicted octanol–water partition coefficient (Wildman–Crippen LogP) is 5.92. The summed E-state index contributed by atoms with van der Waals surface area (Å²) in [5.74, 6) is -0.321. The number of hydrogen-bond acceptors (Lipinski definition) is 10. The number of β-amino-alcohol motifs (C(OH)–C–C–N with tert-alkyl or cyclic N) is 1. The molecule has 2 aromatic carbocycles. The van der Waals surface area contributed by atoms with Crippen LogP contribution in [0.25, 0.3) is 32.9 Å². The molecule has 1 aliphatic heterocycles. The molecule has 3 heterocycles. The first-order valence-corrected chi connectivity index (χ1v) is 16.2. The van der Waals surface area contributed by atoms with Crippen molar-refractivity contribution >= 4 is 33.8 Å². The first-order chi connectivity index (χ1) is 22.6. The molecule has 47 heavy (non-hydrogen) atoms. The van der Waals surface area contributed by atoms with Gasteiger partial charge in [-0.05, 0) is 86.4 Å². The Hall–Kier alpha value is -4.16. The van der Waals surface area contributed by atoms with Crippen molar-refractivity contribution in [3.63, 3.8) is 0 Å². The van der Waals surface area contributed by atoms with Crippen molar-refractivity contribution in [1.82, 2.24) is 15.0 Å². The highest BCUT2D eigenvalue weighted by Gasteiger charge is 2.44. The number of carbonyl (C=O) groups excluding carboxylic acids is 1. The number of piperidine rings is 1. The standard InChI is InChI=1S/C35H38F2N4O6/c1-4-23-25(36)9-6-20-14-22(46-19-44-3)15-24(26(20)23)29-28(37)30-27(32(38-29)47-21-7-8-21)31(41-13-5-10-34(2,43)16-41)40-33(39-30)45-18-35(17-42)11-12-35/h6,9,14-15,17,21,43H,4-5,7-8,10-13,16,18-19H2,1-3H3/t34-/m1/s1. The number of aldehydes is 1. The highest BCUT2D eigenvalue weighted by atomic mass is 19.1. The molecule has 0 unspecified atom stereocenters. The number of anilines is 1. The maximum absolute atomic E-state index is 17.2. The van der Waals surface area contributed by atoms with Gasteiger partial charge in [-0.3, -0.25) is 0 Å². The van der Waals surface area contributed by atoms with Crippen LogP contribution in [0.3, 0.4) is 0 Å². The maximum atomic E-state index is 17.2. The number of ether oxygens (including phenoxy) is 4. The first kappa shape index (κ1) is 31.4. The van der Waals surface area contributed by atoms with Crippen molar-refractivity contribution in [3.8, 4) is 28.9 Å². The molecule has 10 nitrogen and oxygen atoms in total. The summed E-state index contributed by atoms with van der Waals surface area (Å²) in [6.07, 6.45) is 5.42. The van der Waals surface area contributed by atoms with Crippen LogP contribution in [0.4, 0.5) is 14.6 Å². The molecular weight excluding hydrogens is 610 g/mol.